The number of rotatable bonds is 3. The van der Waals surface area contributed by atoms with Crippen LogP contribution < -0.4 is 5.32 Å². The van der Waals surface area contributed by atoms with Crippen LogP contribution in [0.1, 0.15) is 23.5 Å². The molecule has 102 valence electrons. The van der Waals surface area contributed by atoms with Gasteiger partial charge in [-0.15, -0.1) is 17.5 Å². The molecule has 2 atom stereocenters. The number of aromatic hydroxyl groups is 1. The first kappa shape index (κ1) is 13.9. The molecule has 0 aliphatic carbocycles. The van der Waals surface area contributed by atoms with Crippen LogP contribution in [0.3, 0.4) is 0 Å². The van der Waals surface area contributed by atoms with Crippen molar-refractivity contribution in [2.75, 3.05) is 13.1 Å². The Morgan fingerprint density at radius 1 is 1.26 bits per heavy atom. The summed E-state index contributed by atoms with van der Waals surface area (Å²) in [6.07, 6.45) is 2.94. The minimum absolute atomic E-state index is 0. The molecule has 5 heteroatoms. The molecule has 4 nitrogen and oxygen atoms in total. The number of benzene rings is 1. The maximum absolute atomic E-state index is 9.88. The van der Waals surface area contributed by atoms with Crippen molar-refractivity contribution in [1.82, 2.24) is 15.5 Å². The van der Waals surface area contributed by atoms with E-state index in [1.807, 2.05) is 24.4 Å². The van der Waals surface area contributed by atoms with Crippen molar-refractivity contribution < 1.29 is 5.11 Å². The van der Waals surface area contributed by atoms with Gasteiger partial charge in [0.05, 0.1) is 0 Å². The third-order valence-electron chi connectivity index (χ3n) is 3.71. The molecule has 0 saturated carbocycles. The maximum Gasteiger partial charge on any atom is 0.233 e. The van der Waals surface area contributed by atoms with Crippen LogP contribution in [-0.2, 0) is 0 Å². The van der Waals surface area contributed by atoms with Crippen molar-refractivity contribution in [3.8, 4) is 5.88 Å². The van der Waals surface area contributed by atoms with Gasteiger partial charge < -0.3 is 10.4 Å². The third-order valence-corrected chi connectivity index (χ3v) is 3.71. The van der Waals surface area contributed by atoms with E-state index in [-0.39, 0.29) is 24.2 Å². The highest BCUT2D eigenvalue weighted by Crippen LogP contribution is 2.38. The van der Waals surface area contributed by atoms with E-state index in [9.17, 15) is 5.11 Å². The summed E-state index contributed by atoms with van der Waals surface area (Å²) in [7, 11) is 0. The van der Waals surface area contributed by atoms with E-state index in [0.717, 1.165) is 25.1 Å². The van der Waals surface area contributed by atoms with Crippen molar-refractivity contribution in [2.45, 2.75) is 12.3 Å². The zero-order valence-electron chi connectivity index (χ0n) is 10.5. The van der Waals surface area contributed by atoms with Crippen LogP contribution in [0.5, 0.6) is 5.88 Å². The number of nitrogens with zero attached hydrogens (tertiary/aromatic N) is 1. The van der Waals surface area contributed by atoms with E-state index in [1.165, 1.54) is 5.56 Å². The zero-order chi connectivity index (χ0) is 12.4. The largest absolute Gasteiger partial charge is 0.492 e. The van der Waals surface area contributed by atoms with Crippen molar-refractivity contribution in [3.05, 3.63) is 47.7 Å². The molecular weight excluding hydrogens is 262 g/mol. The predicted molar refractivity (Wildman–Crippen MR) is 76.8 cm³/mol. The van der Waals surface area contributed by atoms with Gasteiger partial charge in [-0.25, -0.2) is 0 Å². The van der Waals surface area contributed by atoms with Gasteiger partial charge in [0.2, 0.25) is 5.88 Å². The van der Waals surface area contributed by atoms with Crippen LogP contribution in [0.25, 0.3) is 0 Å². The van der Waals surface area contributed by atoms with Crippen LogP contribution in [0.2, 0.25) is 0 Å². The van der Waals surface area contributed by atoms with E-state index in [0.29, 0.717) is 5.92 Å². The molecule has 2 unspecified atom stereocenters. The number of nitrogens with one attached hydrogen (secondary N) is 2. The monoisotopic (exact) mass is 279 g/mol. The van der Waals surface area contributed by atoms with E-state index >= 15 is 0 Å². The van der Waals surface area contributed by atoms with Gasteiger partial charge in [0.25, 0.3) is 0 Å². The highest BCUT2D eigenvalue weighted by molar-refractivity contribution is 5.85. The number of halogens is 1. The molecule has 1 aliphatic heterocycles. The summed E-state index contributed by atoms with van der Waals surface area (Å²) >= 11 is 0. The lowest BCUT2D eigenvalue weighted by molar-refractivity contribution is 0.428. The molecule has 1 aromatic heterocycles. The molecule has 1 aromatic carbocycles. The van der Waals surface area contributed by atoms with Gasteiger partial charge >= 0.3 is 0 Å². The van der Waals surface area contributed by atoms with E-state index in [4.69, 9.17) is 0 Å². The lowest BCUT2D eigenvalue weighted by Crippen LogP contribution is -2.17. The topological polar surface area (TPSA) is 60.9 Å². The summed E-state index contributed by atoms with van der Waals surface area (Å²) in [5, 5.41) is 19.9. The van der Waals surface area contributed by atoms with Gasteiger partial charge in [-0.2, -0.15) is 0 Å². The van der Waals surface area contributed by atoms with Gasteiger partial charge in [-0.3, -0.25) is 5.10 Å². The van der Waals surface area contributed by atoms with Gasteiger partial charge in [0.1, 0.15) is 0 Å². The van der Waals surface area contributed by atoms with E-state index in [2.05, 4.69) is 27.6 Å². The summed E-state index contributed by atoms with van der Waals surface area (Å²) < 4.78 is 0. The number of hydrogen-bond donors (Lipinski definition) is 3. The average Bonchev–Trinajstić information content (AvgIpc) is 3.05. The molecule has 1 aliphatic rings. The zero-order valence-corrected chi connectivity index (χ0v) is 11.4. The number of aromatic amines is 1. The summed E-state index contributed by atoms with van der Waals surface area (Å²) in [5.74, 6) is 0.839. The van der Waals surface area contributed by atoms with Crippen molar-refractivity contribution in [2.24, 2.45) is 5.92 Å². The van der Waals surface area contributed by atoms with Crippen molar-refractivity contribution in [3.63, 3.8) is 0 Å². The Bertz CT molecular complexity index is 508. The molecule has 0 spiro atoms. The molecule has 1 fully saturated rings. The average molecular weight is 280 g/mol. The third kappa shape index (κ3) is 2.74. The van der Waals surface area contributed by atoms with Crippen LogP contribution in [0.15, 0.2) is 36.5 Å². The fourth-order valence-corrected chi connectivity index (χ4v) is 2.85. The summed E-state index contributed by atoms with van der Waals surface area (Å²) in [4.78, 5) is 0. The molecule has 3 rings (SSSR count). The first-order valence-electron chi connectivity index (χ1n) is 6.34. The molecular formula is C14H18ClN3O. The van der Waals surface area contributed by atoms with Gasteiger partial charge in [0, 0.05) is 17.7 Å². The Morgan fingerprint density at radius 3 is 2.63 bits per heavy atom. The Labute approximate surface area is 118 Å². The van der Waals surface area contributed by atoms with Gasteiger partial charge in [0.15, 0.2) is 0 Å². The second-order valence-electron chi connectivity index (χ2n) is 4.81. The van der Waals surface area contributed by atoms with E-state index in [1.54, 1.807) is 0 Å². The van der Waals surface area contributed by atoms with Crippen molar-refractivity contribution >= 4 is 12.4 Å². The summed E-state index contributed by atoms with van der Waals surface area (Å²) in [6.45, 7) is 2.04. The highest BCUT2D eigenvalue weighted by atomic mass is 35.5. The number of H-pyrrole nitrogens is 1. The number of aromatic nitrogens is 2. The number of hydrogen-bond acceptors (Lipinski definition) is 3. The molecule has 2 aromatic rings. The molecule has 2 heterocycles. The Kier molecular flexibility index (Phi) is 4.45. The van der Waals surface area contributed by atoms with Gasteiger partial charge in [-0.1, -0.05) is 30.3 Å². The SMILES string of the molecule is Cl.Oc1n[nH]cc1C(c1ccccc1)C1CCNC1. The summed E-state index contributed by atoms with van der Waals surface area (Å²) in [6, 6.07) is 10.3. The Hall–Kier alpha value is -1.52. The predicted octanol–water partition coefficient (Wildman–Crippen LogP) is 2.28. The normalized spacial score (nSPS) is 19.9. The first-order valence-corrected chi connectivity index (χ1v) is 6.34. The fraction of sp³-hybridized carbons (Fsp3) is 0.357. The molecule has 1 saturated heterocycles. The van der Waals surface area contributed by atoms with Gasteiger partial charge in [-0.05, 0) is 31.0 Å². The molecule has 0 amide bonds. The second-order valence-corrected chi connectivity index (χ2v) is 4.81. The van der Waals surface area contributed by atoms with Crippen LogP contribution >= 0.6 is 12.4 Å². The molecule has 19 heavy (non-hydrogen) atoms. The fourth-order valence-electron chi connectivity index (χ4n) is 2.85. The van der Waals surface area contributed by atoms with Crippen LogP contribution in [0.4, 0.5) is 0 Å². The lowest BCUT2D eigenvalue weighted by atomic mass is 9.81. The minimum Gasteiger partial charge on any atom is -0.492 e. The Balaban J connectivity index is 0.00000133. The minimum atomic E-state index is 0. The van der Waals surface area contributed by atoms with Crippen molar-refractivity contribution in [1.29, 1.82) is 0 Å². The standard InChI is InChI=1S/C14H17N3O.ClH/c18-14-12(9-16-17-14)13(11-6-7-15-8-11)10-4-2-1-3-5-10;/h1-5,9,11,13,15H,6-8H2,(H2,16,17,18);1H. The molecule has 3 N–H and O–H groups in total. The highest BCUT2D eigenvalue weighted by Gasteiger charge is 2.30. The van der Waals surface area contributed by atoms with Crippen LogP contribution in [0, 0.1) is 5.92 Å². The molecule has 0 bridgehead atoms. The first-order chi connectivity index (χ1) is 8.86. The van der Waals surface area contributed by atoms with Crippen LogP contribution in [-0.4, -0.2) is 28.4 Å². The Morgan fingerprint density at radius 2 is 2.05 bits per heavy atom. The van der Waals surface area contributed by atoms with E-state index < -0.39 is 0 Å². The lowest BCUT2D eigenvalue weighted by Gasteiger charge is -2.22. The second kappa shape index (κ2) is 6.08. The quantitative estimate of drug-likeness (QED) is 0.808. The maximum atomic E-state index is 9.88. The smallest absolute Gasteiger partial charge is 0.233 e. The molecule has 0 radical (unpaired) electrons. The summed E-state index contributed by atoms with van der Waals surface area (Å²) in [5.41, 5.74) is 2.14.